The largest absolute Gasteiger partial charge is 0.482 e. The van der Waals surface area contributed by atoms with Crippen LogP contribution in [-0.4, -0.2) is 18.5 Å². The normalized spacial score (nSPS) is 13.8. The van der Waals surface area contributed by atoms with Gasteiger partial charge < -0.3 is 15.2 Å². The van der Waals surface area contributed by atoms with Crippen molar-refractivity contribution in [2.45, 2.75) is 25.4 Å². The fraction of sp³-hybridized carbons (Fsp3) is 0.263. The molecule has 0 spiro atoms. The molecule has 3 rings (SSSR count). The smallest absolute Gasteiger partial charge is 0.345 e. The van der Waals surface area contributed by atoms with Crippen molar-refractivity contribution in [3.05, 3.63) is 65.2 Å². The molecule has 0 aromatic heterocycles. The van der Waals surface area contributed by atoms with Crippen LogP contribution in [0.25, 0.3) is 0 Å². The van der Waals surface area contributed by atoms with Gasteiger partial charge in [0, 0.05) is 5.56 Å². The second-order valence-electron chi connectivity index (χ2n) is 5.76. The number of ether oxygens (including phenoxy) is 2. The first-order chi connectivity index (χ1) is 11.6. The summed E-state index contributed by atoms with van der Waals surface area (Å²) in [7, 11) is 0. The van der Waals surface area contributed by atoms with E-state index in [0.29, 0.717) is 11.3 Å². The first-order valence-electron chi connectivity index (χ1n) is 7.92. The van der Waals surface area contributed by atoms with Crippen LogP contribution in [0.1, 0.15) is 29.2 Å². The molecule has 0 saturated carbocycles. The van der Waals surface area contributed by atoms with Gasteiger partial charge in [-0.05, 0) is 42.5 Å². The highest BCUT2D eigenvalue weighted by molar-refractivity contribution is 5.83. The van der Waals surface area contributed by atoms with Gasteiger partial charge in [-0.1, -0.05) is 36.4 Å². The van der Waals surface area contributed by atoms with E-state index in [1.165, 1.54) is 11.1 Å². The van der Waals surface area contributed by atoms with E-state index in [-0.39, 0.29) is 6.61 Å². The highest BCUT2D eigenvalue weighted by Gasteiger charge is 2.22. The predicted molar refractivity (Wildman–Crippen MR) is 88.4 cm³/mol. The molecule has 1 amide bonds. The lowest BCUT2D eigenvalue weighted by molar-refractivity contribution is -0.157. The topological polar surface area (TPSA) is 78.6 Å². The van der Waals surface area contributed by atoms with Crippen molar-refractivity contribution in [1.29, 1.82) is 0 Å². The molecule has 0 bridgehead atoms. The Morgan fingerprint density at radius 3 is 2.54 bits per heavy atom. The Bertz CT molecular complexity index is 742. The maximum Gasteiger partial charge on any atom is 0.345 e. The molecule has 1 aliphatic rings. The van der Waals surface area contributed by atoms with Gasteiger partial charge in [0.1, 0.15) is 5.75 Å². The monoisotopic (exact) mass is 325 g/mol. The van der Waals surface area contributed by atoms with Crippen LogP contribution in [0, 0.1) is 0 Å². The number of nitrogens with two attached hydrogens (primary N) is 1. The van der Waals surface area contributed by atoms with E-state index in [0.717, 1.165) is 19.3 Å². The number of fused-ring (bicyclic) bond motifs is 1. The molecule has 2 aromatic carbocycles. The zero-order valence-corrected chi connectivity index (χ0v) is 13.2. The van der Waals surface area contributed by atoms with Gasteiger partial charge in [-0.15, -0.1) is 0 Å². The molecule has 24 heavy (non-hydrogen) atoms. The van der Waals surface area contributed by atoms with Crippen molar-refractivity contribution in [2.24, 2.45) is 5.73 Å². The fourth-order valence-electron chi connectivity index (χ4n) is 2.86. The van der Waals surface area contributed by atoms with Gasteiger partial charge in [0.2, 0.25) is 6.10 Å². The van der Waals surface area contributed by atoms with E-state index in [1.54, 1.807) is 30.3 Å². The molecule has 0 radical (unpaired) electrons. The molecule has 5 nitrogen and oxygen atoms in total. The lowest BCUT2D eigenvalue weighted by atomic mass is 10.1. The second kappa shape index (κ2) is 7.17. The van der Waals surface area contributed by atoms with Crippen molar-refractivity contribution in [3.8, 4) is 5.75 Å². The van der Waals surface area contributed by atoms with Crippen molar-refractivity contribution in [3.63, 3.8) is 0 Å². The Morgan fingerprint density at radius 2 is 1.79 bits per heavy atom. The molecule has 124 valence electrons. The molecule has 2 N–H and O–H groups in total. The highest BCUT2D eigenvalue weighted by atomic mass is 16.6. The van der Waals surface area contributed by atoms with Crippen LogP contribution in [0.2, 0.25) is 0 Å². The van der Waals surface area contributed by atoms with E-state index < -0.39 is 18.0 Å². The maximum atomic E-state index is 12.0. The van der Waals surface area contributed by atoms with Crippen LogP contribution >= 0.6 is 0 Å². The summed E-state index contributed by atoms with van der Waals surface area (Å²) in [5.41, 5.74) is 8.47. The molecule has 1 atom stereocenters. The van der Waals surface area contributed by atoms with Crippen molar-refractivity contribution < 1.29 is 19.1 Å². The van der Waals surface area contributed by atoms with Crippen LogP contribution in [-0.2, 0) is 27.2 Å². The Kier molecular flexibility index (Phi) is 4.79. The molecule has 0 heterocycles. The van der Waals surface area contributed by atoms with Crippen LogP contribution < -0.4 is 10.5 Å². The van der Waals surface area contributed by atoms with Gasteiger partial charge in [-0.3, -0.25) is 4.79 Å². The molecule has 0 fully saturated rings. The third kappa shape index (κ3) is 3.74. The minimum atomic E-state index is -1.11. The summed E-state index contributed by atoms with van der Waals surface area (Å²) in [6.07, 6.45) is 2.17. The van der Waals surface area contributed by atoms with E-state index in [2.05, 4.69) is 0 Å². The van der Waals surface area contributed by atoms with Gasteiger partial charge >= 0.3 is 5.97 Å². The van der Waals surface area contributed by atoms with E-state index in [9.17, 15) is 9.59 Å². The van der Waals surface area contributed by atoms with Crippen LogP contribution in [0.3, 0.4) is 0 Å². The summed E-state index contributed by atoms with van der Waals surface area (Å²) < 4.78 is 10.7. The molecule has 5 heteroatoms. The summed E-state index contributed by atoms with van der Waals surface area (Å²) in [6.45, 7) is -0.268. The predicted octanol–water partition coefficient (Wildman–Crippen LogP) is 2.32. The summed E-state index contributed by atoms with van der Waals surface area (Å²) >= 11 is 0. The van der Waals surface area contributed by atoms with E-state index >= 15 is 0 Å². The van der Waals surface area contributed by atoms with E-state index in [4.69, 9.17) is 15.2 Å². The number of amides is 1. The van der Waals surface area contributed by atoms with E-state index in [1.807, 2.05) is 18.2 Å². The summed E-state index contributed by atoms with van der Waals surface area (Å²) in [5, 5.41) is 0. The number of carbonyl (C=O) groups excluding carboxylic acids is 2. The van der Waals surface area contributed by atoms with Gasteiger partial charge in [0.15, 0.2) is 6.61 Å². The second-order valence-corrected chi connectivity index (χ2v) is 5.76. The van der Waals surface area contributed by atoms with Crippen molar-refractivity contribution >= 4 is 11.9 Å². The quantitative estimate of drug-likeness (QED) is 0.827. The average Bonchev–Trinajstić information content (AvgIpc) is 3.06. The first kappa shape index (κ1) is 16.1. The highest BCUT2D eigenvalue weighted by Crippen LogP contribution is 2.26. The van der Waals surface area contributed by atoms with Crippen molar-refractivity contribution in [2.75, 3.05) is 6.61 Å². The zero-order chi connectivity index (χ0) is 16.9. The summed E-state index contributed by atoms with van der Waals surface area (Å²) in [4.78, 5) is 23.5. The lowest BCUT2D eigenvalue weighted by Crippen LogP contribution is -2.28. The number of carbonyl (C=O) groups is 2. The van der Waals surface area contributed by atoms with Crippen molar-refractivity contribution in [1.82, 2.24) is 0 Å². The van der Waals surface area contributed by atoms with Crippen LogP contribution in [0.5, 0.6) is 5.75 Å². The zero-order valence-electron chi connectivity index (χ0n) is 13.2. The minimum Gasteiger partial charge on any atom is -0.482 e. The third-order valence-electron chi connectivity index (χ3n) is 4.04. The number of benzene rings is 2. The number of hydrogen-bond acceptors (Lipinski definition) is 4. The standard InChI is InChI=1S/C19H19NO4/c20-19(22)18(14-5-2-1-3-6-14)24-17(21)12-23-16-10-9-13-7-4-8-15(13)11-16/h1-3,5-6,9-11,18H,4,7-8,12H2,(H2,20,22). The molecule has 0 aliphatic heterocycles. The lowest BCUT2D eigenvalue weighted by Gasteiger charge is -2.15. The Balaban J connectivity index is 1.59. The van der Waals surface area contributed by atoms with Gasteiger partial charge in [0.05, 0.1) is 0 Å². The average molecular weight is 325 g/mol. The Morgan fingerprint density at radius 1 is 1.04 bits per heavy atom. The molecule has 0 saturated heterocycles. The third-order valence-corrected chi connectivity index (χ3v) is 4.04. The molecular formula is C19H19NO4. The number of aryl methyl sites for hydroxylation is 2. The van der Waals surface area contributed by atoms with Gasteiger partial charge in [-0.25, -0.2) is 4.79 Å². The molecule has 1 aliphatic carbocycles. The number of esters is 1. The fourth-order valence-corrected chi connectivity index (χ4v) is 2.86. The van der Waals surface area contributed by atoms with Gasteiger partial charge in [0.25, 0.3) is 5.91 Å². The molecular weight excluding hydrogens is 306 g/mol. The van der Waals surface area contributed by atoms with Gasteiger partial charge in [-0.2, -0.15) is 0 Å². The Hall–Kier alpha value is -2.82. The summed E-state index contributed by atoms with van der Waals surface area (Å²) in [5.74, 6) is -0.724. The van der Waals surface area contributed by atoms with Crippen LogP contribution in [0.4, 0.5) is 0 Å². The minimum absolute atomic E-state index is 0.268. The first-order valence-corrected chi connectivity index (χ1v) is 7.92. The number of hydrogen-bond donors (Lipinski definition) is 1. The Labute approximate surface area is 140 Å². The molecule has 1 unspecified atom stereocenters. The number of primary amides is 1. The van der Waals surface area contributed by atoms with Crippen LogP contribution in [0.15, 0.2) is 48.5 Å². The maximum absolute atomic E-state index is 12.0. The summed E-state index contributed by atoms with van der Waals surface area (Å²) in [6, 6.07) is 14.5. The molecule has 2 aromatic rings. The number of rotatable bonds is 6. The SMILES string of the molecule is NC(=O)C(OC(=O)COc1ccc2c(c1)CCC2)c1ccccc1.